The number of piperidine rings is 1. The molecule has 2 heterocycles. The summed E-state index contributed by atoms with van der Waals surface area (Å²) in [6.45, 7) is 3.36. The van der Waals surface area contributed by atoms with Crippen molar-refractivity contribution in [2.45, 2.75) is 63.7 Å². The Labute approximate surface area is 129 Å². The number of hydrogen-bond acceptors (Lipinski definition) is 2. The largest absolute Gasteiger partial charge is 0.311 e. The third-order valence-corrected chi connectivity index (χ3v) is 4.99. The van der Waals surface area contributed by atoms with E-state index >= 15 is 0 Å². The lowest BCUT2D eigenvalue weighted by Gasteiger charge is -2.36. The average Bonchev–Trinajstić information content (AvgIpc) is 2.78. The van der Waals surface area contributed by atoms with Crippen molar-refractivity contribution >= 4 is 12.4 Å². The number of rotatable bonds is 4. The number of halogens is 1. The second-order valence-electron chi connectivity index (χ2n) is 6.30. The second-order valence-corrected chi connectivity index (χ2v) is 6.30. The number of hydrogen-bond donors (Lipinski definition) is 1. The van der Waals surface area contributed by atoms with Crippen molar-refractivity contribution in [2.24, 2.45) is 0 Å². The fourth-order valence-corrected chi connectivity index (χ4v) is 3.84. The van der Waals surface area contributed by atoms with Gasteiger partial charge in [-0.15, -0.1) is 12.4 Å². The second kappa shape index (κ2) is 6.93. The van der Waals surface area contributed by atoms with E-state index in [1.54, 1.807) is 0 Å². The highest BCUT2D eigenvalue weighted by molar-refractivity contribution is 5.85. The Hall–Kier alpha value is -0.570. The summed E-state index contributed by atoms with van der Waals surface area (Å²) in [6, 6.07) is 11.2. The third-order valence-electron chi connectivity index (χ3n) is 4.99. The molecule has 2 bridgehead atoms. The maximum absolute atomic E-state index is 3.73. The maximum atomic E-state index is 3.73. The standard InChI is InChI=1S/C17H26N2.ClH/c1-3-13-6-4-5-7-14(13)12-19(2)17-10-15-8-9-16(11-17)18-15;/h4-7,15-18H,3,8-12H2,1-2H3;1H. The SMILES string of the molecule is CCc1ccccc1CN(C)C1CC2CCC(C1)N2.Cl. The first-order valence-corrected chi connectivity index (χ1v) is 7.79. The van der Waals surface area contributed by atoms with Gasteiger partial charge in [-0.3, -0.25) is 4.90 Å². The van der Waals surface area contributed by atoms with Crippen LogP contribution in [0.5, 0.6) is 0 Å². The van der Waals surface area contributed by atoms with Crippen LogP contribution in [0, 0.1) is 0 Å². The Morgan fingerprint density at radius 3 is 2.30 bits per heavy atom. The summed E-state index contributed by atoms with van der Waals surface area (Å²) in [5.41, 5.74) is 3.02. The Balaban J connectivity index is 0.00000147. The average molecular weight is 295 g/mol. The van der Waals surface area contributed by atoms with Crippen LogP contribution in [0.25, 0.3) is 0 Å². The molecule has 0 saturated carbocycles. The number of nitrogens with one attached hydrogen (secondary N) is 1. The molecule has 1 aromatic rings. The van der Waals surface area contributed by atoms with Gasteiger partial charge in [0.2, 0.25) is 0 Å². The van der Waals surface area contributed by atoms with Crippen molar-refractivity contribution < 1.29 is 0 Å². The van der Waals surface area contributed by atoms with Gasteiger partial charge in [-0.05, 0) is 50.3 Å². The molecular weight excluding hydrogens is 268 g/mol. The molecule has 0 spiro atoms. The molecule has 2 atom stereocenters. The lowest BCUT2D eigenvalue weighted by atomic mass is 9.97. The number of fused-ring (bicyclic) bond motifs is 2. The van der Waals surface area contributed by atoms with Gasteiger partial charge in [0.05, 0.1) is 0 Å². The molecule has 0 aliphatic carbocycles. The molecule has 2 aliphatic rings. The molecule has 3 heteroatoms. The number of aryl methyl sites for hydroxylation is 1. The van der Waals surface area contributed by atoms with Crippen LogP contribution in [0.4, 0.5) is 0 Å². The normalized spacial score (nSPS) is 28.4. The fourth-order valence-electron chi connectivity index (χ4n) is 3.84. The summed E-state index contributed by atoms with van der Waals surface area (Å²) in [5, 5.41) is 3.73. The Kier molecular flexibility index (Phi) is 5.48. The highest BCUT2D eigenvalue weighted by Gasteiger charge is 2.34. The molecule has 112 valence electrons. The van der Waals surface area contributed by atoms with E-state index in [1.165, 1.54) is 36.8 Å². The minimum absolute atomic E-state index is 0. The van der Waals surface area contributed by atoms with E-state index in [-0.39, 0.29) is 12.4 Å². The van der Waals surface area contributed by atoms with Gasteiger partial charge in [-0.1, -0.05) is 31.2 Å². The molecule has 2 fully saturated rings. The zero-order chi connectivity index (χ0) is 13.2. The summed E-state index contributed by atoms with van der Waals surface area (Å²) >= 11 is 0. The van der Waals surface area contributed by atoms with E-state index < -0.39 is 0 Å². The Morgan fingerprint density at radius 1 is 1.10 bits per heavy atom. The van der Waals surface area contributed by atoms with Gasteiger partial charge in [-0.2, -0.15) is 0 Å². The molecule has 20 heavy (non-hydrogen) atoms. The van der Waals surface area contributed by atoms with Gasteiger partial charge in [0.25, 0.3) is 0 Å². The van der Waals surface area contributed by atoms with Gasteiger partial charge in [0.15, 0.2) is 0 Å². The molecule has 0 aromatic heterocycles. The zero-order valence-electron chi connectivity index (χ0n) is 12.6. The van der Waals surface area contributed by atoms with E-state index in [2.05, 4.69) is 48.5 Å². The van der Waals surface area contributed by atoms with Crippen LogP contribution in [0.3, 0.4) is 0 Å². The molecule has 2 unspecified atom stereocenters. The summed E-state index contributed by atoms with van der Waals surface area (Å²) in [4.78, 5) is 2.58. The van der Waals surface area contributed by atoms with Crippen LogP contribution >= 0.6 is 12.4 Å². The van der Waals surface area contributed by atoms with Crippen molar-refractivity contribution in [1.82, 2.24) is 10.2 Å². The lowest BCUT2D eigenvalue weighted by Crippen LogP contribution is -2.46. The topological polar surface area (TPSA) is 15.3 Å². The highest BCUT2D eigenvalue weighted by atomic mass is 35.5. The molecule has 2 aliphatic heterocycles. The van der Waals surface area contributed by atoms with Gasteiger partial charge >= 0.3 is 0 Å². The first-order valence-electron chi connectivity index (χ1n) is 7.79. The summed E-state index contributed by atoms with van der Waals surface area (Å²) in [5.74, 6) is 0. The number of benzene rings is 1. The predicted molar refractivity (Wildman–Crippen MR) is 87.5 cm³/mol. The zero-order valence-corrected chi connectivity index (χ0v) is 13.5. The Morgan fingerprint density at radius 2 is 1.70 bits per heavy atom. The van der Waals surface area contributed by atoms with Gasteiger partial charge in [0, 0.05) is 24.7 Å². The van der Waals surface area contributed by atoms with E-state index in [1.807, 2.05) is 0 Å². The van der Waals surface area contributed by atoms with Crippen molar-refractivity contribution in [3.8, 4) is 0 Å². The van der Waals surface area contributed by atoms with Gasteiger partial charge < -0.3 is 5.32 Å². The van der Waals surface area contributed by atoms with Crippen LogP contribution in [-0.4, -0.2) is 30.1 Å². The van der Waals surface area contributed by atoms with E-state index in [4.69, 9.17) is 0 Å². The van der Waals surface area contributed by atoms with Crippen LogP contribution in [0.15, 0.2) is 24.3 Å². The van der Waals surface area contributed by atoms with Crippen molar-refractivity contribution in [1.29, 1.82) is 0 Å². The van der Waals surface area contributed by atoms with Crippen molar-refractivity contribution in [3.63, 3.8) is 0 Å². The molecule has 2 saturated heterocycles. The van der Waals surface area contributed by atoms with Gasteiger partial charge in [-0.25, -0.2) is 0 Å². The smallest absolute Gasteiger partial charge is 0.0236 e. The molecule has 1 aromatic carbocycles. The lowest BCUT2D eigenvalue weighted by molar-refractivity contribution is 0.165. The molecular formula is C17H27ClN2. The van der Waals surface area contributed by atoms with Crippen molar-refractivity contribution in [2.75, 3.05) is 7.05 Å². The maximum Gasteiger partial charge on any atom is 0.0236 e. The third kappa shape index (κ3) is 3.36. The monoisotopic (exact) mass is 294 g/mol. The van der Waals surface area contributed by atoms with E-state index in [0.717, 1.165) is 31.1 Å². The van der Waals surface area contributed by atoms with E-state index in [0.29, 0.717) is 0 Å². The minimum Gasteiger partial charge on any atom is -0.311 e. The van der Waals surface area contributed by atoms with Crippen LogP contribution in [-0.2, 0) is 13.0 Å². The Bertz CT molecular complexity index is 423. The predicted octanol–water partition coefficient (Wildman–Crippen LogP) is 3.39. The number of nitrogens with zero attached hydrogens (tertiary/aromatic N) is 1. The van der Waals surface area contributed by atoms with Crippen LogP contribution in [0.2, 0.25) is 0 Å². The molecule has 2 nitrogen and oxygen atoms in total. The summed E-state index contributed by atoms with van der Waals surface area (Å²) in [7, 11) is 2.31. The molecule has 0 radical (unpaired) electrons. The van der Waals surface area contributed by atoms with Crippen molar-refractivity contribution in [3.05, 3.63) is 35.4 Å². The summed E-state index contributed by atoms with van der Waals surface area (Å²) in [6.07, 6.45) is 6.59. The fraction of sp³-hybridized carbons (Fsp3) is 0.647. The first-order chi connectivity index (χ1) is 9.26. The van der Waals surface area contributed by atoms with Gasteiger partial charge in [0.1, 0.15) is 0 Å². The summed E-state index contributed by atoms with van der Waals surface area (Å²) < 4.78 is 0. The van der Waals surface area contributed by atoms with Crippen LogP contribution < -0.4 is 5.32 Å². The van der Waals surface area contributed by atoms with Crippen LogP contribution in [0.1, 0.15) is 43.7 Å². The quantitative estimate of drug-likeness (QED) is 0.916. The molecule has 3 rings (SSSR count). The minimum atomic E-state index is 0. The highest BCUT2D eigenvalue weighted by Crippen LogP contribution is 2.30. The van der Waals surface area contributed by atoms with E-state index in [9.17, 15) is 0 Å². The molecule has 1 N–H and O–H groups in total. The molecule has 0 amide bonds. The first kappa shape index (κ1) is 15.8.